The van der Waals surface area contributed by atoms with Crippen molar-refractivity contribution in [2.45, 2.75) is 11.4 Å². The average Bonchev–Trinajstić information content (AvgIpc) is 2.48. The largest absolute Gasteiger partial charge is 0.395 e. The number of nitrogens with one attached hydrogen (secondary N) is 1. The van der Waals surface area contributed by atoms with Gasteiger partial charge in [-0.1, -0.05) is 18.2 Å². The van der Waals surface area contributed by atoms with Gasteiger partial charge in [-0.15, -0.1) is 0 Å². The predicted molar refractivity (Wildman–Crippen MR) is 76.0 cm³/mol. The first kappa shape index (κ1) is 15.0. The molecule has 0 heterocycles. The molecule has 0 fully saturated rings. The second kappa shape index (κ2) is 5.91. The molecule has 3 N–H and O–H groups in total. The summed E-state index contributed by atoms with van der Waals surface area (Å²) in [6.45, 7) is -0.0200. The van der Waals surface area contributed by atoms with E-state index in [0.29, 0.717) is 11.1 Å². The number of sulfonamides is 1. The second-order valence-corrected chi connectivity index (χ2v) is 6.02. The van der Waals surface area contributed by atoms with Gasteiger partial charge in [-0.25, -0.2) is 17.5 Å². The zero-order chi connectivity index (χ0) is 15.5. The Bertz CT molecular complexity index is 813. The van der Waals surface area contributed by atoms with Crippen LogP contribution in [0.5, 0.6) is 0 Å². The highest BCUT2D eigenvalue weighted by atomic mass is 32.2. The number of nitrogen functional groups attached to an aromatic ring is 1. The molecule has 21 heavy (non-hydrogen) atoms. The molecule has 2 rings (SSSR count). The maximum Gasteiger partial charge on any atom is 0.243 e. The maximum atomic E-state index is 13.3. The highest BCUT2D eigenvalue weighted by Crippen LogP contribution is 2.21. The number of nitrogens with zero attached hydrogens (tertiary/aromatic N) is 1. The van der Waals surface area contributed by atoms with E-state index in [-0.39, 0.29) is 11.4 Å². The number of halogens is 1. The van der Waals surface area contributed by atoms with Crippen molar-refractivity contribution in [1.29, 1.82) is 5.26 Å². The molecule has 0 saturated carbocycles. The van der Waals surface area contributed by atoms with Crippen LogP contribution in [0, 0.1) is 17.1 Å². The van der Waals surface area contributed by atoms with Crippen LogP contribution in [0.3, 0.4) is 0 Å². The fourth-order valence-corrected chi connectivity index (χ4v) is 2.92. The Morgan fingerprint density at radius 1 is 1.24 bits per heavy atom. The standard InChI is InChI=1S/C14H12FN3O2S/c15-12-5-2-6-13(14(12)17)21(19,20)18-9-11-4-1-3-10(7-11)8-16/h1-7,18H,9,17H2. The van der Waals surface area contributed by atoms with Gasteiger partial charge >= 0.3 is 0 Å². The third-order valence-electron chi connectivity index (χ3n) is 2.82. The second-order valence-electron chi connectivity index (χ2n) is 4.29. The molecule has 0 aliphatic carbocycles. The van der Waals surface area contributed by atoms with Gasteiger partial charge in [0.25, 0.3) is 0 Å². The van der Waals surface area contributed by atoms with Crippen LogP contribution in [-0.4, -0.2) is 8.42 Å². The van der Waals surface area contributed by atoms with Gasteiger partial charge in [0, 0.05) is 6.54 Å². The summed E-state index contributed by atoms with van der Waals surface area (Å²) < 4.78 is 39.9. The number of anilines is 1. The molecule has 2 aromatic rings. The molecule has 0 aliphatic heterocycles. The summed E-state index contributed by atoms with van der Waals surface area (Å²) in [7, 11) is -3.93. The summed E-state index contributed by atoms with van der Waals surface area (Å²) in [5.41, 5.74) is 6.07. The molecule has 0 aliphatic rings. The first-order chi connectivity index (χ1) is 9.94. The highest BCUT2D eigenvalue weighted by Gasteiger charge is 2.19. The Labute approximate surface area is 121 Å². The quantitative estimate of drug-likeness (QED) is 0.841. The lowest BCUT2D eigenvalue weighted by atomic mass is 10.1. The molecule has 0 atom stereocenters. The fraction of sp³-hybridized carbons (Fsp3) is 0.0714. The van der Waals surface area contributed by atoms with Crippen molar-refractivity contribution in [2.75, 3.05) is 5.73 Å². The zero-order valence-corrected chi connectivity index (χ0v) is 11.7. The van der Waals surface area contributed by atoms with Crippen LogP contribution in [0.25, 0.3) is 0 Å². The third kappa shape index (κ3) is 3.37. The Hall–Kier alpha value is -2.43. The van der Waals surface area contributed by atoms with Crippen molar-refractivity contribution < 1.29 is 12.8 Å². The monoisotopic (exact) mass is 305 g/mol. The smallest absolute Gasteiger partial charge is 0.243 e. The van der Waals surface area contributed by atoms with E-state index in [0.717, 1.165) is 6.07 Å². The normalized spacial score (nSPS) is 11.0. The summed E-state index contributed by atoms with van der Waals surface area (Å²) in [6, 6.07) is 12.1. The molecule has 0 radical (unpaired) electrons. The minimum absolute atomic E-state index is 0.0200. The molecule has 0 bridgehead atoms. The summed E-state index contributed by atoms with van der Waals surface area (Å²) in [4.78, 5) is -0.307. The van der Waals surface area contributed by atoms with Crippen molar-refractivity contribution in [1.82, 2.24) is 4.72 Å². The van der Waals surface area contributed by atoms with E-state index in [9.17, 15) is 12.8 Å². The molecule has 0 unspecified atom stereocenters. The summed E-state index contributed by atoms with van der Waals surface area (Å²) >= 11 is 0. The molecule has 7 heteroatoms. The molecule has 5 nitrogen and oxygen atoms in total. The molecular weight excluding hydrogens is 293 g/mol. The van der Waals surface area contributed by atoms with Crippen LogP contribution in [0.1, 0.15) is 11.1 Å². The van der Waals surface area contributed by atoms with Crippen LogP contribution in [0.2, 0.25) is 0 Å². The SMILES string of the molecule is N#Cc1cccc(CNS(=O)(=O)c2cccc(F)c2N)c1. The van der Waals surface area contributed by atoms with Crippen LogP contribution in [-0.2, 0) is 16.6 Å². The number of para-hydroxylation sites is 1. The van der Waals surface area contributed by atoms with Crippen molar-refractivity contribution in [2.24, 2.45) is 0 Å². The summed E-state index contributed by atoms with van der Waals surface area (Å²) in [5, 5.41) is 8.79. The van der Waals surface area contributed by atoms with Gasteiger partial charge in [-0.2, -0.15) is 5.26 Å². The van der Waals surface area contributed by atoms with Crippen molar-refractivity contribution >= 4 is 15.7 Å². The van der Waals surface area contributed by atoms with Crippen LogP contribution >= 0.6 is 0 Å². The lowest BCUT2D eigenvalue weighted by Gasteiger charge is -2.09. The zero-order valence-electron chi connectivity index (χ0n) is 10.9. The average molecular weight is 305 g/mol. The molecule has 0 aromatic heterocycles. The molecular formula is C14H12FN3O2S. The van der Waals surface area contributed by atoms with Gasteiger partial charge in [0.1, 0.15) is 10.7 Å². The van der Waals surface area contributed by atoms with Gasteiger partial charge in [0.2, 0.25) is 10.0 Å². The lowest BCUT2D eigenvalue weighted by molar-refractivity contribution is 0.579. The van der Waals surface area contributed by atoms with Crippen molar-refractivity contribution in [3.8, 4) is 6.07 Å². The molecule has 0 saturated heterocycles. The molecule has 0 spiro atoms. The number of benzene rings is 2. The van der Waals surface area contributed by atoms with Gasteiger partial charge in [0.15, 0.2) is 0 Å². The molecule has 0 amide bonds. The number of rotatable bonds is 4. The summed E-state index contributed by atoms with van der Waals surface area (Å²) in [6.07, 6.45) is 0. The Kier molecular flexibility index (Phi) is 4.21. The third-order valence-corrected chi connectivity index (χ3v) is 4.28. The topological polar surface area (TPSA) is 96.0 Å². The Morgan fingerprint density at radius 3 is 2.67 bits per heavy atom. The minimum atomic E-state index is -3.93. The van der Waals surface area contributed by atoms with E-state index in [4.69, 9.17) is 11.0 Å². The van der Waals surface area contributed by atoms with E-state index < -0.39 is 21.5 Å². The lowest BCUT2D eigenvalue weighted by Crippen LogP contribution is -2.24. The maximum absolute atomic E-state index is 13.3. The van der Waals surface area contributed by atoms with Gasteiger partial charge in [0.05, 0.1) is 17.3 Å². The number of nitrogens with two attached hydrogens (primary N) is 1. The van der Waals surface area contributed by atoms with E-state index in [1.165, 1.54) is 12.1 Å². The van der Waals surface area contributed by atoms with Gasteiger partial charge in [-0.3, -0.25) is 0 Å². The first-order valence-corrected chi connectivity index (χ1v) is 7.45. The molecule has 2 aromatic carbocycles. The van der Waals surface area contributed by atoms with Gasteiger partial charge < -0.3 is 5.73 Å². The Balaban J connectivity index is 2.22. The van der Waals surface area contributed by atoms with Gasteiger partial charge in [-0.05, 0) is 29.8 Å². The highest BCUT2D eigenvalue weighted by molar-refractivity contribution is 7.89. The first-order valence-electron chi connectivity index (χ1n) is 5.97. The van der Waals surface area contributed by atoms with Crippen molar-refractivity contribution in [3.63, 3.8) is 0 Å². The number of hydrogen-bond acceptors (Lipinski definition) is 4. The van der Waals surface area contributed by atoms with Crippen LogP contribution in [0.15, 0.2) is 47.4 Å². The van der Waals surface area contributed by atoms with Crippen LogP contribution < -0.4 is 10.5 Å². The van der Waals surface area contributed by atoms with Crippen molar-refractivity contribution in [3.05, 3.63) is 59.4 Å². The van der Waals surface area contributed by atoms with E-state index in [1.807, 2.05) is 6.07 Å². The molecule has 108 valence electrons. The van der Waals surface area contributed by atoms with E-state index in [2.05, 4.69) is 4.72 Å². The van der Waals surface area contributed by atoms with Crippen LogP contribution in [0.4, 0.5) is 10.1 Å². The number of nitriles is 1. The predicted octanol–water partition coefficient (Wildman–Crippen LogP) is 1.76. The summed E-state index contributed by atoms with van der Waals surface area (Å²) in [5.74, 6) is -0.788. The van der Waals surface area contributed by atoms with E-state index >= 15 is 0 Å². The fourth-order valence-electron chi connectivity index (χ4n) is 1.76. The van der Waals surface area contributed by atoms with E-state index in [1.54, 1.807) is 24.3 Å². The number of hydrogen-bond donors (Lipinski definition) is 2. The minimum Gasteiger partial charge on any atom is -0.395 e. The Morgan fingerprint density at radius 2 is 1.95 bits per heavy atom.